The first kappa shape index (κ1) is 15.2. The molecule has 17 heavy (non-hydrogen) atoms. The fourth-order valence-corrected chi connectivity index (χ4v) is 0.977. The lowest BCUT2D eigenvalue weighted by Gasteiger charge is -1.94. The molecule has 94 valence electrons. The van der Waals surface area contributed by atoms with Crippen LogP contribution in [0.1, 0.15) is 37.0 Å². The van der Waals surface area contributed by atoms with Gasteiger partial charge in [-0.15, -0.1) is 0 Å². The molecule has 0 atom stereocenters. The number of hydrogen-bond acceptors (Lipinski definition) is 3. The van der Waals surface area contributed by atoms with Crippen molar-refractivity contribution in [1.82, 2.24) is 0 Å². The van der Waals surface area contributed by atoms with Crippen LogP contribution < -0.4 is 0 Å². The van der Waals surface area contributed by atoms with Crippen LogP contribution >= 0.6 is 0 Å². The summed E-state index contributed by atoms with van der Waals surface area (Å²) < 4.78 is 4.20. The molecule has 0 saturated heterocycles. The van der Waals surface area contributed by atoms with Crippen molar-refractivity contribution in [3.63, 3.8) is 0 Å². The van der Waals surface area contributed by atoms with Gasteiger partial charge in [-0.25, -0.2) is 4.79 Å². The Kier molecular flexibility index (Phi) is 8.37. The van der Waals surface area contributed by atoms with Crippen LogP contribution in [0.4, 0.5) is 4.79 Å². The maximum Gasteiger partial charge on any atom is 0.505 e. The highest BCUT2D eigenvalue weighted by atomic mass is 16.7. The second kappa shape index (κ2) is 9.39. The van der Waals surface area contributed by atoms with Crippen molar-refractivity contribution in [2.45, 2.75) is 26.7 Å². The molecule has 0 radical (unpaired) electrons. The van der Waals surface area contributed by atoms with Gasteiger partial charge < -0.3 is 9.84 Å². The molecule has 4 heteroatoms. The zero-order valence-electron chi connectivity index (χ0n) is 10.2. The van der Waals surface area contributed by atoms with E-state index in [0.29, 0.717) is 6.61 Å². The number of Topliss-reactive ketones (excluding diaryl/α,β-unsaturated/α-hetero) is 1. The fraction of sp³-hybridized carbons (Fsp3) is 0.385. The SMILES string of the molecule is CC(=O)c1ccccc1.CCCCOC(=O)O. The van der Waals surface area contributed by atoms with E-state index >= 15 is 0 Å². The van der Waals surface area contributed by atoms with Gasteiger partial charge in [-0.3, -0.25) is 4.79 Å². The predicted octanol–water partition coefficient (Wildman–Crippen LogP) is 3.37. The minimum Gasteiger partial charge on any atom is -0.450 e. The Morgan fingerprint density at radius 2 is 1.82 bits per heavy atom. The van der Waals surface area contributed by atoms with Gasteiger partial charge in [0.2, 0.25) is 0 Å². The molecule has 0 aliphatic carbocycles. The summed E-state index contributed by atoms with van der Waals surface area (Å²) in [7, 11) is 0. The average Bonchev–Trinajstić information content (AvgIpc) is 2.31. The number of unbranched alkanes of at least 4 members (excludes halogenated alkanes) is 1. The summed E-state index contributed by atoms with van der Waals surface area (Å²) >= 11 is 0. The molecule has 0 fully saturated rings. The molecule has 1 aromatic carbocycles. The van der Waals surface area contributed by atoms with Crippen molar-refractivity contribution in [1.29, 1.82) is 0 Å². The van der Waals surface area contributed by atoms with E-state index in [9.17, 15) is 9.59 Å². The smallest absolute Gasteiger partial charge is 0.450 e. The molecule has 0 spiro atoms. The molecule has 0 amide bonds. The molecule has 0 unspecified atom stereocenters. The van der Waals surface area contributed by atoms with Crippen molar-refractivity contribution in [3.05, 3.63) is 35.9 Å². The monoisotopic (exact) mass is 238 g/mol. The third-order valence-electron chi connectivity index (χ3n) is 1.90. The fourth-order valence-electron chi connectivity index (χ4n) is 0.977. The summed E-state index contributed by atoms with van der Waals surface area (Å²) in [5.41, 5.74) is 0.775. The minimum absolute atomic E-state index is 0.121. The van der Waals surface area contributed by atoms with Gasteiger partial charge in [0.25, 0.3) is 0 Å². The molecule has 4 nitrogen and oxygen atoms in total. The van der Waals surface area contributed by atoms with Gasteiger partial charge in [0.15, 0.2) is 5.78 Å². The third kappa shape index (κ3) is 9.11. The molecular weight excluding hydrogens is 220 g/mol. The molecule has 0 heterocycles. The minimum atomic E-state index is -1.18. The highest BCUT2D eigenvalue weighted by Gasteiger charge is 1.93. The lowest BCUT2D eigenvalue weighted by Crippen LogP contribution is -2.00. The third-order valence-corrected chi connectivity index (χ3v) is 1.90. The van der Waals surface area contributed by atoms with E-state index in [-0.39, 0.29) is 5.78 Å². The highest BCUT2D eigenvalue weighted by molar-refractivity contribution is 5.93. The molecule has 0 saturated carbocycles. The highest BCUT2D eigenvalue weighted by Crippen LogP contribution is 1.97. The van der Waals surface area contributed by atoms with Gasteiger partial charge in [0.1, 0.15) is 0 Å². The first-order chi connectivity index (χ1) is 8.07. The number of benzene rings is 1. The maximum atomic E-state index is 10.6. The Bertz CT molecular complexity index is 333. The molecule has 0 aliphatic rings. The number of carbonyl (C=O) groups excluding carboxylic acids is 1. The van der Waals surface area contributed by atoms with Crippen LogP contribution in [0.5, 0.6) is 0 Å². The standard InChI is InChI=1S/C8H8O.C5H10O3/c1-7(9)8-5-3-2-4-6-8;1-2-3-4-8-5(6)7/h2-6H,1H3;2-4H2,1H3,(H,6,7). The zero-order chi connectivity index (χ0) is 13.1. The number of carboxylic acid groups (broad SMARTS) is 1. The van der Waals surface area contributed by atoms with E-state index in [0.717, 1.165) is 18.4 Å². The molecule has 1 aromatic rings. The summed E-state index contributed by atoms with van der Waals surface area (Å²) in [5.74, 6) is 0.121. The van der Waals surface area contributed by atoms with Crippen LogP contribution in [-0.4, -0.2) is 23.7 Å². The van der Waals surface area contributed by atoms with Gasteiger partial charge in [-0.2, -0.15) is 0 Å². The lowest BCUT2D eigenvalue weighted by atomic mass is 10.2. The van der Waals surface area contributed by atoms with Crippen LogP contribution in [-0.2, 0) is 4.74 Å². The molecule has 1 rings (SSSR count). The second-order valence-electron chi connectivity index (χ2n) is 3.39. The van der Waals surface area contributed by atoms with Crippen LogP contribution in [0.25, 0.3) is 0 Å². The number of rotatable bonds is 4. The summed E-state index contributed by atoms with van der Waals surface area (Å²) in [6.07, 6.45) is 0.595. The van der Waals surface area contributed by atoms with Gasteiger partial charge >= 0.3 is 6.16 Å². The van der Waals surface area contributed by atoms with Crippen LogP contribution in [0.3, 0.4) is 0 Å². The number of ether oxygens (including phenoxy) is 1. The van der Waals surface area contributed by atoms with Crippen molar-refractivity contribution >= 4 is 11.9 Å². The summed E-state index contributed by atoms with van der Waals surface area (Å²) in [6, 6.07) is 9.23. The van der Waals surface area contributed by atoms with Crippen LogP contribution in [0.2, 0.25) is 0 Å². The summed E-state index contributed by atoms with van der Waals surface area (Å²) in [5, 5.41) is 7.92. The summed E-state index contributed by atoms with van der Waals surface area (Å²) in [4.78, 5) is 20.3. The number of hydrogen-bond donors (Lipinski definition) is 1. The summed E-state index contributed by atoms with van der Waals surface area (Å²) in [6.45, 7) is 3.87. The average molecular weight is 238 g/mol. The first-order valence-electron chi connectivity index (χ1n) is 5.49. The molecular formula is C13H18O4. The van der Waals surface area contributed by atoms with E-state index in [2.05, 4.69) is 4.74 Å². The molecule has 0 bridgehead atoms. The van der Waals surface area contributed by atoms with E-state index in [1.807, 2.05) is 37.3 Å². The van der Waals surface area contributed by atoms with E-state index in [1.54, 1.807) is 6.92 Å². The Morgan fingerprint density at radius 1 is 1.24 bits per heavy atom. The van der Waals surface area contributed by atoms with E-state index < -0.39 is 6.16 Å². The Labute approximate surface area is 101 Å². The maximum absolute atomic E-state index is 10.6. The topological polar surface area (TPSA) is 63.6 Å². The van der Waals surface area contributed by atoms with Crippen molar-refractivity contribution in [2.75, 3.05) is 6.61 Å². The van der Waals surface area contributed by atoms with Crippen LogP contribution in [0, 0.1) is 0 Å². The van der Waals surface area contributed by atoms with Gasteiger partial charge in [-0.05, 0) is 13.3 Å². The Morgan fingerprint density at radius 3 is 2.18 bits per heavy atom. The number of carbonyl (C=O) groups is 2. The van der Waals surface area contributed by atoms with Crippen LogP contribution in [0.15, 0.2) is 30.3 Å². The lowest BCUT2D eigenvalue weighted by molar-refractivity contribution is 0.0904. The normalized spacial score (nSPS) is 8.82. The van der Waals surface area contributed by atoms with Gasteiger partial charge in [-0.1, -0.05) is 43.7 Å². The quantitative estimate of drug-likeness (QED) is 0.496. The molecule has 0 aliphatic heterocycles. The van der Waals surface area contributed by atoms with Gasteiger partial charge in [0.05, 0.1) is 6.61 Å². The first-order valence-corrected chi connectivity index (χ1v) is 5.49. The zero-order valence-corrected chi connectivity index (χ0v) is 10.2. The number of ketones is 1. The van der Waals surface area contributed by atoms with Gasteiger partial charge in [0, 0.05) is 5.56 Å². The van der Waals surface area contributed by atoms with Crippen molar-refractivity contribution in [2.24, 2.45) is 0 Å². The van der Waals surface area contributed by atoms with E-state index in [1.165, 1.54) is 0 Å². The molecule has 0 aromatic heterocycles. The second-order valence-corrected chi connectivity index (χ2v) is 3.39. The van der Waals surface area contributed by atoms with Crippen molar-refractivity contribution in [3.8, 4) is 0 Å². The van der Waals surface area contributed by atoms with E-state index in [4.69, 9.17) is 5.11 Å². The largest absolute Gasteiger partial charge is 0.505 e. The predicted molar refractivity (Wildman–Crippen MR) is 65.3 cm³/mol. The Balaban J connectivity index is 0.000000304. The Hall–Kier alpha value is -1.84. The molecule has 1 N–H and O–H groups in total. The van der Waals surface area contributed by atoms with Crippen molar-refractivity contribution < 1.29 is 19.4 Å².